The van der Waals surface area contributed by atoms with Crippen LogP contribution in [0.4, 0.5) is 57.5 Å². The SMILES string of the molecule is CC1=C(O)C(=Nc2c(NCC[N+]3(C)CCCC3)nn3ccccc23)C=CC1=O.C[N+]1(CCNc2nn3ccccc3c2N=C2C=C(Cl)C(O)=CC2=O)CCCC1.C[N+]1(CCNc2nn3ccccc3c2N=C2C=CC(=O)C=C2N)CCCC1.C[N+]1(CCNc2nn3ccccc3c2N=C2C=CC(=O)C=C2O)CCCC1.C[N+]1(CCNc2nn3ccccc3c2N=C2C=CC(N)=CC2=O)CCCC1. The van der Waals surface area contributed by atoms with E-state index in [9.17, 15) is 39.3 Å². The molecule has 20 rings (SSSR count). The first-order valence-corrected chi connectivity index (χ1v) is 47.6. The van der Waals surface area contributed by atoms with Crippen LogP contribution < -0.4 is 38.1 Å². The average Bonchev–Trinajstić information content (AvgIpc) is 1.67. The lowest BCUT2D eigenvalue weighted by atomic mass is 10.0. The molecule has 0 radical (unpaired) electrons. The van der Waals surface area contributed by atoms with Gasteiger partial charge < -0.3 is 75.8 Å². The lowest BCUT2D eigenvalue weighted by Crippen LogP contribution is -2.44. The molecule has 0 bridgehead atoms. The Bertz CT molecular complexity index is 6620. The van der Waals surface area contributed by atoms with Gasteiger partial charge in [-0.25, -0.2) is 47.5 Å². The summed E-state index contributed by atoms with van der Waals surface area (Å²) in [6, 6.07) is 28.9. The zero-order valence-corrected chi connectivity index (χ0v) is 79.4. The van der Waals surface area contributed by atoms with Crippen molar-refractivity contribution in [1.29, 1.82) is 0 Å². The highest BCUT2D eigenvalue weighted by Gasteiger charge is 2.34. The van der Waals surface area contributed by atoms with E-state index in [-0.39, 0.29) is 51.2 Å². The van der Waals surface area contributed by atoms with E-state index in [1.165, 1.54) is 178 Å². The van der Waals surface area contributed by atoms with Gasteiger partial charge in [0.2, 0.25) is 11.6 Å². The number of hydrogen-bond acceptors (Lipinski definition) is 25. The molecule has 0 aromatic carbocycles. The molecule has 5 aliphatic heterocycles. The number of halogens is 1. The Morgan fingerprint density at radius 1 is 0.336 bits per heavy atom. The minimum Gasteiger partial charge on any atom is -0.506 e. The Labute approximate surface area is 800 Å². The fourth-order valence-corrected chi connectivity index (χ4v) is 18.9. The Kier molecular flexibility index (Phi) is 29.6. The molecule has 36 heteroatoms. The van der Waals surface area contributed by atoms with Gasteiger partial charge in [0.25, 0.3) is 0 Å². The van der Waals surface area contributed by atoms with Crippen molar-refractivity contribution in [2.75, 3.05) is 193 Å². The van der Waals surface area contributed by atoms with Crippen molar-refractivity contribution in [1.82, 2.24) is 48.1 Å². The number of aromatic nitrogens is 10. The summed E-state index contributed by atoms with van der Waals surface area (Å²) in [6.45, 7) is 23.0. The molecule has 712 valence electrons. The number of allylic oxidation sites excluding steroid dienone is 15. The molecule has 5 saturated heterocycles. The average molecular weight is 1880 g/mol. The molecular formula is C101H123ClN27O8+5. The number of rotatable bonds is 25. The van der Waals surface area contributed by atoms with Gasteiger partial charge in [-0.05, 0) is 122 Å². The normalized spacial score (nSPS) is 20.4. The smallest absolute Gasteiger partial charge is 0.207 e. The van der Waals surface area contributed by atoms with Gasteiger partial charge in [0, 0.05) is 131 Å². The molecule has 10 aliphatic rings. The van der Waals surface area contributed by atoms with Gasteiger partial charge in [-0.2, -0.15) is 0 Å². The Morgan fingerprint density at radius 2 is 0.628 bits per heavy atom. The van der Waals surface area contributed by atoms with Crippen LogP contribution in [0.2, 0.25) is 0 Å². The number of pyridine rings is 5. The molecule has 5 fully saturated rings. The van der Waals surface area contributed by atoms with Gasteiger partial charge in [0.05, 0.1) is 210 Å². The van der Waals surface area contributed by atoms with E-state index in [4.69, 9.17) is 28.1 Å². The maximum Gasteiger partial charge on any atom is 0.207 e. The maximum atomic E-state index is 12.2. The van der Waals surface area contributed by atoms with E-state index in [2.05, 4.69) is 107 Å². The Hall–Kier alpha value is -14.4. The molecule has 0 amide bonds. The first-order valence-electron chi connectivity index (χ1n) is 47.2. The molecule has 35 nitrogen and oxygen atoms in total. The summed E-state index contributed by atoms with van der Waals surface area (Å²) in [5.74, 6) is 1.83. The third-order valence-electron chi connectivity index (χ3n) is 27.0. The summed E-state index contributed by atoms with van der Waals surface area (Å²) in [5.41, 5.74) is 22.2. The van der Waals surface area contributed by atoms with Crippen LogP contribution in [0, 0.1) is 0 Å². The van der Waals surface area contributed by atoms with Crippen molar-refractivity contribution in [3.8, 4) is 0 Å². The predicted octanol–water partition coefficient (Wildman–Crippen LogP) is 13.0. The largest absolute Gasteiger partial charge is 0.506 e. The number of carbonyl (C=O) groups excluding carboxylic acids is 5. The maximum absolute atomic E-state index is 12.2. The Balaban J connectivity index is 0.000000124. The number of nitrogens with one attached hydrogen (secondary N) is 5. The fourth-order valence-electron chi connectivity index (χ4n) is 18.7. The highest BCUT2D eigenvalue weighted by Crippen LogP contribution is 2.38. The second-order valence-electron chi connectivity index (χ2n) is 37.7. The van der Waals surface area contributed by atoms with Crippen LogP contribution in [-0.2, 0) is 24.0 Å². The quantitative estimate of drug-likeness (QED) is 0.0144. The minimum absolute atomic E-state index is 0.0798. The predicted molar refractivity (Wildman–Crippen MR) is 541 cm³/mol. The first kappa shape index (κ1) is 95.8. The van der Waals surface area contributed by atoms with E-state index in [1.807, 2.05) is 126 Å². The molecule has 5 aliphatic carbocycles. The molecule has 0 atom stereocenters. The van der Waals surface area contributed by atoms with Crippen molar-refractivity contribution >= 4 is 154 Å². The van der Waals surface area contributed by atoms with Gasteiger partial charge >= 0.3 is 0 Å². The number of hydrogen-bond donors (Lipinski definition) is 10. The number of anilines is 5. The van der Waals surface area contributed by atoms with Crippen LogP contribution in [0.15, 0.2) is 265 Å². The first-order chi connectivity index (χ1) is 66.0. The number of likely N-dealkylation sites (N-methyl/N-ethyl adjacent to an activating group) is 5. The van der Waals surface area contributed by atoms with Crippen LogP contribution in [0.1, 0.15) is 71.1 Å². The third kappa shape index (κ3) is 23.4. The molecule has 0 spiro atoms. The number of nitrogens with two attached hydrogens (primary N) is 2. The van der Waals surface area contributed by atoms with Gasteiger partial charge in [-0.3, -0.25) is 24.0 Å². The highest BCUT2D eigenvalue weighted by molar-refractivity contribution is 6.52. The summed E-state index contributed by atoms with van der Waals surface area (Å²) in [5, 5.41) is 70.4. The topological polar surface area (TPSA) is 407 Å². The van der Waals surface area contributed by atoms with Crippen molar-refractivity contribution < 1.29 is 61.7 Å². The number of nitrogens with zero attached hydrogens (tertiary/aromatic N) is 20. The monoisotopic (exact) mass is 1880 g/mol. The fraction of sp³-hybridized carbons (Fsp3) is 0.356. The molecule has 15 heterocycles. The van der Waals surface area contributed by atoms with E-state index in [1.54, 1.807) is 49.3 Å². The number of fused-ring (bicyclic) bond motifs is 5. The van der Waals surface area contributed by atoms with Gasteiger partial charge in [-0.15, -0.1) is 25.5 Å². The summed E-state index contributed by atoms with van der Waals surface area (Å²) >= 11 is 5.97. The molecule has 10 aromatic rings. The van der Waals surface area contributed by atoms with Gasteiger partial charge in [-0.1, -0.05) is 41.9 Å². The van der Waals surface area contributed by atoms with E-state index in [0.29, 0.717) is 85.8 Å². The van der Waals surface area contributed by atoms with Crippen LogP contribution in [0.3, 0.4) is 0 Å². The second kappa shape index (κ2) is 42.3. The standard InChI is InChI=1S/C21H25N5O2.C20H22ClN5O2.2C20H24N6O.C20H23N5O2/c1-15-18(27)9-8-16(20(15)28)23-19-17-7-3-4-11-25(17)24-21(19)22-10-14-26(2)12-5-6-13-26;1-26(9-4-5-10-26)11-7-22-20-19(16-6-2-3-8-25(16)24-20)23-15-12-14(21)17(27)13-18(15)28;1-26(11-4-5-12-26)13-9-22-20-19(18-6-2-3-10-25(18)24-20)23-17-8-7-15(27)14-16(17)21;1-26(11-4-5-12-26)13-9-22-20-19(17-6-2-3-10-25(17)24-20)23-16-8-7-15(21)14-18(16)27;1-25(11-4-5-12-25)13-9-21-20-19(17-6-2-3-10-24(17)23-20)22-16-8-7-15(26)14-18(16)27/h3-4,7-9,11H,5-6,10,12-14H2,1-2H3,(H-,22,24,27,28);2-3,6,8,12-13H,4-5,7,9-11H2,1H3,(H-,22,24,27,28);2*2-3,6-8,10,14H,4-5,9,11-13H2,1H3,(H2-,21,22,24,27);2-3,6-8,10,14H,4-5,9,11-13H2,1H3,(H-,21,23,26,27)/p+5. The second-order valence-corrected chi connectivity index (χ2v) is 38.2. The zero-order valence-electron chi connectivity index (χ0n) is 78.6. The minimum atomic E-state index is -0.390. The highest BCUT2D eigenvalue weighted by atomic mass is 35.5. The molecule has 0 saturated carbocycles. The van der Waals surface area contributed by atoms with Crippen LogP contribution in [0.25, 0.3) is 27.6 Å². The number of quaternary nitrogens is 5. The molecule has 137 heavy (non-hydrogen) atoms. The van der Waals surface area contributed by atoms with E-state index >= 15 is 0 Å². The number of aliphatic imine (C=N–C) groups is 5. The lowest BCUT2D eigenvalue weighted by Gasteiger charge is -2.29. The van der Waals surface area contributed by atoms with Crippen molar-refractivity contribution in [3.05, 3.63) is 240 Å². The van der Waals surface area contributed by atoms with Crippen molar-refractivity contribution in [2.24, 2.45) is 36.4 Å². The number of aliphatic hydroxyl groups excluding tert-OH is 3. The van der Waals surface area contributed by atoms with Crippen molar-refractivity contribution in [2.45, 2.75) is 71.1 Å². The molecule has 10 aromatic heterocycles. The van der Waals surface area contributed by atoms with E-state index < -0.39 is 5.78 Å². The number of aliphatic hydroxyl groups is 3. The third-order valence-corrected chi connectivity index (χ3v) is 27.3. The number of carbonyl (C=O) groups is 5. The van der Waals surface area contributed by atoms with Gasteiger partial charge in [0.15, 0.2) is 46.4 Å². The Morgan fingerprint density at radius 3 is 0.964 bits per heavy atom. The van der Waals surface area contributed by atoms with Crippen LogP contribution in [-0.4, -0.2) is 309 Å². The van der Waals surface area contributed by atoms with Crippen molar-refractivity contribution in [3.63, 3.8) is 0 Å². The summed E-state index contributed by atoms with van der Waals surface area (Å²) in [4.78, 5) is 82.2. The molecule has 12 N–H and O–H groups in total. The lowest BCUT2D eigenvalue weighted by molar-refractivity contribution is -0.895. The summed E-state index contributed by atoms with van der Waals surface area (Å²) in [6.07, 6.45) is 41.1. The van der Waals surface area contributed by atoms with Crippen LogP contribution in [0.5, 0.6) is 0 Å². The summed E-state index contributed by atoms with van der Waals surface area (Å²) in [7, 11) is 11.5. The number of ketones is 5. The molecular weight excluding hydrogens is 1750 g/mol. The molecule has 0 unspecified atom stereocenters. The van der Waals surface area contributed by atoms with Gasteiger partial charge in [0.1, 0.15) is 68.6 Å². The van der Waals surface area contributed by atoms with E-state index in [0.717, 1.165) is 133 Å². The summed E-state index contributed by atoms with van der Waals surface area (Å²) < 4.78 is 14.3. The van der Waals surface area contributed by atoms with Crippen LogP contribution >= 0.6 is 11.6 Å². The number of likely N-dealkylation sites (tertiary alicyclic amines) is 5. The zero-order chi connectivity index (χ0) is 96.0.